The number of benzene rings is 1. The minimum absolute atomic E-state index is 0.0693. The zero-order valence-corrected chi connectivity index (χ0v) is 15.5. The van der Waals surface area contributed by atoms with E-state index in [0.717, 1.165) is 36.0 Å². The van der Waals surface area contributed by atoms with Crippen molar-refractivity contribution in [2.75, 3.05) is 13.7 Å². The largest absolute Gasteiger partial charge is 0.484 e. The Morgan fingerprint density at radius 3 is 2.73 bits per heavy atom. The molecule has 26 heavy (non-hydrogen) atoms. The zero-order chi connectivity index (χ0) is 18.7. The number of ether oxygens (including phenoxy) is 2. The van der Waals surface area contributed by atoms with Gasteiger partial charge in [0, 0.05) is 17.4 Å². The Kier molecular flexibility index (Phi) is 5.49. The minimum Gasteiger partial charge on any atom is -0.484 e. The fourth-order valence-electron chi connectivity index (χ4n) is 3.32. The Labute approximate surface area is 152 Å². The van der Waals surface area contributed by atoms with Gasteiger partial charge in [0.25, 0.3) is 5.91 Å². The SMILES string of the molecule is COC(=O)C(NC(=O)COc1ccc2oc3c(c2c1)CCCC3)C(C)C. The number of esters is 1. The third kappa shape index (κ3) is 3.84. The maximum absolute atomic E-state index is 12.1. The van der Waals surface area contributed by atoms with Gasteiger partial charge < -0.3 is 19.2 Å². The van der Waals surface area contributed by atoms with Crippen molar-refractivity contribution >= 4 is 22.8 Å². The van der Waals surface area contributed by atoms with E-state index >= 15 is 0 Å². The lowest BCUT2D eigenvalue weighted by Crippen LogP contribution is -2.46. The summed E-state index contributed by atoms with van der Waals surface area (Å²) in [5.41, 5.74) is 2.12. The number of nitrogens with one attached hydrogen (secondary N) is 1. The van der Waals surface area contributed by atoms with Crippen molar-refractivity contribution in [3.05, 3.63) is 29.5 Å². The minimum atomic E-state index is -0.681. The average molecular weight is 359 g/mol. The van der Waals surface area contributed by atoms with E-state index in [2.05, 4.69) is 5.32 Å². The molecule has 1 aliphatic carbocycles. The standard InChI is InChI=1S/C20H25NO5/c1-12(2)19(20(23)24-3)21-18(22)11-25-13-8-9-17-15(10-13)14-6-4-5-7-16(14)26-17/h8-10,12,19H,4-7,11H2,1-3H3,(H,21,22). The van der Waals surface area contributed by atoms with Crippen LogP contribution in [0, 0.1) is 5.92 Å². The normalized spacial score (nSPS) is 14.8. The number of aryl methyl sites for hydroxylation is 2. The summed E-state index contributed by atoms with van der Waals surface area (Å²) >= 11 is 0. The molecule has 3 rings (SSSR count). The Morgan fingerprint density at radius 2 is 2.00 bits per heavy atom. The maximum Gasteiger partial charge on any atom is 0.328 e. The van der Waals surface area contributed by atoms with E-state index in [9.17, 15) is 9.59 Å². The molecule has 1 aromatic heterocycles. The summed E-state index contributed by atoms with van der Waals surface area (Å²) in [5.74, 6) is 0.795. The fourth-order valence-corrected chi connectivity index (χ4v) is 3.32. The molecule has 1 amide bonds. The number of amides is 1. The van der Waals surface area contributed by atoms with Crippen LogP contribution in [-0.4, -0.2) is 31.6 Å². The molecule has 0 radical (unpaired) electrons. The molecule has 2 aromatic rings. The summed E-state index contributed by atoms with van der Waals surface area (Å²) in [4.78, 5) is 23.9. The second kappa shape index (κ2) is 7.81. The predicted molar refractivity (Wildman–Crippen MR) is 97.1 cm³/mol. The molecule has 1 heterocycles. The van der Waals surface area contributed by atoms with Gasteiger partial charge in [-0.25, -0.2) is 4.79 Å². The molecular weight excluding hydrogens is 334 g/mol. The van der Waals surface area contributed by atoms with E-state index < -0.39 is 12.0 Å². The molecule has 0 saturated carbocycles. The summed E-state index contributed by atoms with van der Waals surface area (Å²) < 4.78 is 16.3. The van der Waals surface area contributed by atoms with Crippen LogP contribution in [0.4, 0.5) is 0 Å². The van der Waals surface area contributed by atoms with Crippen molar-refractivity contribution in [3.63, 3.8) is 0 Å². The van der Waals surface area contributed by atoms with Crippen molar-refractivity contribution in [2.24, 2.45) is 5.92 Å². The van der Waals surface area contributed by atoms with Gasteiger partial charge in [-0.3, -0.25) is 4.79 Å². The van der Waals surface area contributed by atoms with Crippen LogP contribution in [-0.2, 0) is 27.2 Å². The third-order valence-corrected chi connectivity index (χ3v) is 4.73. The molecule has 6 nitrogen and oxygen atoms in total. The van der Waals surface area contributed by atoms with Crippen LogP contribution in [0.3, 0.4) is 0 Å². The lowest BCUT2D eigenvalue weighted by molar-refractivity contribution is -0.146. The third-order valence-electron chi connectivity index (χ3n) is 4.73. The highest BCUT2D eigenvalue weighted by atomic mass is 16.5. The highest BCUT2D eigenvalue weighted by Crippen LogP contribution is 2.33. The van der Waals surface area contributed by atoms with Crippen LogP contribution in [0.15, 0.2) is 22.6 Å². The highest BCUT2D eigenvalue weighted by molar-refractivity contribution is 5.86. The molecule has 1 atom stereocenters. The van der Waals surface area contributed by atoms with Crippen molar-refractivity contribution in [1.82, 2.24) is 5.32 Å². The van der Waals surface area contributed by atoms with Gasteiger partial charge in [-0.05, 0) is 43.4 Å². The van der Waals surface area contributed by atoms with Crippen LogP contribution in [0.1, 0.15) is 38.0 Å². The monoisotopic (exact) mass is 359 g/mol. The molecular formula is C20H25NO5. The summed E-state index contributed by atoms with van der Waals surface area (Å²) in [7, 11) is 1.31. The molecule has 1 unspecified atom stereocenters. The highest BCUT2D eigenvalue weighted by Gasteiger charge is 2.25. The molecule has 140 valence electrons. The smallest absolute Gasteiger partial charge is 0.328 e. The molecule has 0 aliphatic heterocycles. The predicted octanol–water partition coefficient (Wildman–Crippen LogP) is 3.00. The van der Waals surface area contributed by atoms with Crippen molar-refractivity contribution in [3.8, 4) is 5.75 Å². The molecule has 0 fully saturated rings. The number of hydrogen-bond acceptors (Lipinski definition) is 5. The Hall–Kier alpha value is -2.50. The molecule has 0 saturated heterocycles. The van der Waals surface area contributed by atoms with Crippen molar-refractivity contribution < 1.29 is 23.5 Å². The number of furan rings is 1. The number of hydrogen-bond donors (Lipinski definition) is 1. The Bertz CT molecular complexity index is 808. The first-order valence-electron chi connectivity index (χ1n) is 9.04. The van der Waals surface area contributed by atoms with E-state index in [1.54, 1.807) is 6.07 Å². The van der Waals surface area contributed by atoms with E-state index in [1.165, 1.54) is 19.1 Å². The summed E-state index contributed by atoms with van der Waals surface area (Å²) in [6, 6.07) is 4.92. The first-order chi connectivity index (χ1) is 12.5. The Balaban J connectivity index is 1.65. The molecule has 1 aromatic carbocycles. The second-order valence-electron chi connectivity index (χ2n) is 6.97. The van der Waals surface area contributed by atoms with Gasteiger partial charge in [0.15, 0.2) is 6.61 Å². The fraction of sp³-hybridized carbons (Fsp3) is 0.500. The van der Waals surface area contributed by atoms with Gasteiger partial charge in [0.1, 0.15) is 23.1 Å². The average Bonchev–Trinajstić information content (AvgIpc) is 3.01. The van der Waals surface area contributed by atoms with Gasteiger partial charge in [0.05, 0.1) is 7.11 Å². The van der Waals surface area contributed by atoms with Gasteiger partial charge >= 0.3 is 5.97 Å². The number of carbonyl (C=O) groups is 2. The van der Waals surface area contributed by atoms with Crippen LogP contribution >= 0.6 is 0 Å². The van der Waals surface area contributed by atoms with Gasteiger partial charge in [-0.2, -0.15) is 0 Å². The molecule has 0 bridgehead atoms. The van der Waals surface area contributed by atoms with Crippen molar-refractivity contribution in [1.29, 1.82) is 0 Å². The quantitative estimate of drug-likeness (QED) is 0.802. The molecule has 1 aliphatic rings. The Morgan fingerprint density at radius 1 is 1.23 bits per heavy atom. The van der Waals surface area contributed by atoms with Crippen molar-refractivity contribution in [2.45, 2.75) is 45.6 Å². The summed E-state index contributed by atoms with van der Waals surface area (Å²) in [6.45, 7) is 3.53. The first-order valence-corrected chi connectivity index (χ1v) is 9.04. The molecule has 0 spiro atoms. The van der Waals surface area contributed by atoms with Crippen LogP contribution in [0.25, 0.3) is 11.0 Å². The van der Waals surface area contributed by atoms with E-state index in [4.69, 9.17) is 13.9 Å². The van der Waals surface area contributed by atoms with E-state index in [-0.39, 0.29) is 18.4 Å². The van der Waals surface area contributed by atoms with Crippen LogP contribution in [0.2, 0.25) is 0 Å². The van der Waals surface area contributed by atoms with Crippen LogP contribution < -0.4 is 10.1 Å². The summed E-state index contributed by atoms with van der Waals surface area (Å²) in [5, 5.41) is 3.72. The van der Waals surface area contributed by atoms with E-state index in [1.807, 2.05) is 26.0 Å². The second-order valence-corrected chi connectivity index (χ2v) is 6.97. The number of carbonyl (C=O) groups excluding carboxylic acids is 2. The lowest BCUT2D eigenvalue weighted by Gasteiger charge is -2.19. The van der Waals surface area contributed by atoms with E-state index in [0.29, 0.717) is 5.75 Å². The summed E-state index contributed by atoms with van der Waals surface area (Å²) in [6.07, 6.45) is 4.32. The zero-order valence-electron chi connectivity index (χ0n) is 15.5. The lowest BCUT2D eigenvalue weighted by atomic mass is 9.96. The molecule has 1 N–H and O–H groups in total. The first kappa shape index (κ1) is 18.3. The maximum atomic E-state index is 12.1. The van der Waals surface area contributed by atoms with Gasteiger partial charge in [-0.1, -0.05) is 13.8 Å². The molecule has 6 heteroatoms. The number of rotatable bonds is 6. The van der Waals surface area contributed by atoms with Gasteiger partial charge in [-0.15, -0.1) is 0 Å². The van der Waals surface area contributed by atoms with Gasteiger partial charge in [0.2, 0.25) is 0 Å². The number of methoxy groups -OCH3 is 1. The number of fused-ring (bicyclic) bond motifs is 3. The van der Waals surface area contributed by atoms with Crippen LogP contribution in [0.5, 0.6) is 5.75 Å². The topological polar surface area (TPSA) is 77.8 Å².